The molecule has 0 aliphatic rings. The van der Waals surface area contributed by atoms with Gasteiger partial charge in [-0.1, -0.05) is 36.4 Å². The zero-order valence-corrected chi connectivity index (χ0v) is 12.0. The number of carbonyl (C=O) groups is 1. The number of hydrogen-bond acceptors (Lipinski definition) is 2. The molecule has 1 aromatic carbocycles. The molecule has 98 valence electrons. The Morgan fingerprint density at radius 2 is 2.11 bits per heavy atom. The van der Waals surface area contributed by atoms with Gasteiger partial charge in [-0.05, 0) is 12.5 Å². The van der Waals surface area contributed by atoms with Gasteiger partial charge in [0.05, 0.1) is 0 Å². The number of amides is 1. The highest BCUT2D eigenvalue weighted by Crippen LogP contribution is 2.07. The Morgan fingerprint density at radius 3 is 2.61 bits per heavy atom. The van der Waals surface area contributed by atoms with Crippen molar-refractivity contribution in [3.8, 4) is 0 Å². The summed E-state index contributed by atoms with van der Waals surface area (Å²) in [5, 5.41) is -0.0822. The van der Waals surface area contributed by atoms with Crippen LogP contribution in [0.25, 0.3) is 0 Å². The molecule has 0 heterocycles. The van der Waals surface area contributed by atoms with Crippen LogP contribution in [0.5, 0.6) is 0 Å². The van der Waals surface area contributed by atoms with Crippen LogP contribution in [-0.4, -0.2) is 27.4 Å². The molecular weight excluding hydrogens is 266 g/mol. The van der Waals surface area contributed by atoms with E-state index in [2.05, 4.69) is 6.58 Å². The van der Waals surface area contributed by atoms with Crippen molar-refractivity contribution in [2.45, 2.75) is 12.7 Å². The molecule has 0 aliphatic heterocycles. The Morgan fingerprint density at radius 1 is 1.44 bits per heavy atom. The maximum atomic E-state index is 12.2. The van der Waals surface area contributed by atoms with Crippen LogP contribution < -0.4 is 0 Å². The van der Waals surface area contributed by atoms with E-state index < -0.39 is 9.45 Å². The first-order valence-electron chi connectivity index (χ1n) is 5.67. The van der Waals surface area contributed by atoms with Crippen molar-refractivity contribution < 1.29 is 9.00 Å². The Kier molecular flexibility index (Phi) is 6.60. The molecule has 0 fully saturated rings. The van der Waals surface area contributed by atoms with Crippen LogP contribution >= 0.6 is 0 Å². The van der Waals surface area contributed by atoms with Crippen LogP contribution in [0.15, 0.2) is 43.0 Å². The zero-order valence-electron chi connectivity index (χ0n) is 10.4. The van der Waals surface area contributed by atoms with Gasteiger partial charge in [0, 0.05) is 28.3 Å². The number of carbonyl (C=O) groups excluding carboxylic acids is 1. The van der Waals surface area contributed by atoms with Gasteiger partial charge < -0.3 is 4.90 Å². The summed E-state index contributed by atoms with van der Waals surface area (Å²) in [6.07, 6.45) is 1.68. The Bertz CT molecular complexity index is 467. The second kappa shape index (κ2) is 8.00. The van der Waals surface area contributed by atoms with Crippen molar-refractivity contribution in [2.24, 2.45) is 0 Å². The van der Waals surface area contributed by atoms with Gasteiger partial charge in [-0.15, -0.1) is 6.58 Å². The first kappa shape index (κ1) is 14.9. The highest BCUT2D eigenvalue weighted by Gasteiger charge is 2.16. The lowest BCUT2D eigenvalue weighted by Gasteiger charge is -2.19. The molecule has 0 saturated carbocycles. The number of likely N-dealkylation sites (N-methyl/N-ethyl adjacent to an activating group) is 1. The normalized spacial score (nSPS) is 11.6. The fraction of sp³-hybridized carbons (Fsp3) is 0.308. The predicted molar refractivity (Wildman–Crippen MR) is 78.5 cm³/mol. The zero-order chi connectivity index (χ0) is 13.4. The second-order valence-electron chi connectivity index (χ2n) is 3.64. The first-order chi connectivity index (χ1) is 8.72. The molecule has 1 aromatic rings. The molecule has 0 aliphatic carbocycles. The molecular formula is C13H17NO2S2. The summed E-state index contributed by atoms with van der Waals surface area (Å²) >= 11 is 0. The minimum absolute atomic E-state index is 0.0822. The average molecular weight is 283 g/mol. The number of nitrogens with zero attached hydrogens (tertiary/aromatic N) is 1. The summed E-state index contributed by atoms with van der Waals surface area (Å²) in [6.45, 7) is 6.62. The van der Waals surface area contributed by atoms with Crippen molar-refractivity contribution >= 4 is 24.9 Å². The number of rotatable bonds is 5. The fourth-order valence-electron chi connectivity index (χ4n) is 1.47. The molecule has 3 nitrogen and oxygen atoms in total. The molecule has 1 atom stereocenters. The van der Waals surface area contributed by atoms with E-state index in [0.717, 1.165) is 5.56 Å². The van der Waals surface area contributed by atoms with E-state index in [0.29, 0.717) is 29.1 Å². The van der Waals surface area contributed by atoms with E-state index in [-0.39, 0.29) is 5.24 Å². The van der Waals surface area contributed by atoms with Crippen LogP contribution in [0.4, 0.5) is 4.79 Å². The van der Waals surface area contributed by atoms with Gasteiger partial charge in [0.1, 0.15) is 10.2 Å². The van der Waals surface area contributed by atoms with E-state index >= 15 is 0 Å². The number of hydrogen-bond donors (Lipinski definition) is 0. The van der Waals surface area contributed by atoms with Crippen LogP contribution in [0.1, 0.15) is 12.5 Å². The summed E-state index contributed by atoms with van der Waals surface area (Å²) in [5.41, 5.74) is 1.02. The smallest absolute Gasteiger partial charge is 0.288 e. The lowest BCUT2D eigenvalue weighted by molar-refractivity contribution is 0.230. The monoisotopic (exact) mass is 283 g/mol. The van der Waals surface area contributed by atoms with E-state index in [1.165, 1.54) is 0 Å². The van der Waals surface area contributed by atoms with E-state index in [9.17, 15) is 9.00 Å². The summed E-state index contributed by atoms with van der Waals surface area (Å²) < 4.78 is 11.2. The van der Waals surface area contributed by atoms with Gasteiger partial charge >= 0.3 is 0 Å². The minimum atomic E-state index is -0.858. The third-order valence-electron chi connectivity index (χ3n) is 2.41. The summed E-state index contributed by atoms with van der Waals surface area (Å²) in [7, 11) is -0.464. The van der Waals surface area contributed by atoms with Crippen molar-refractivity contribution in [3.63, 3.8) is 0 Å². The molecule has 0 bridgehead atoms. The average Bonchev–Trinajstić information content (AvgIpc) is 2.42. The molecule has 1 rings (SSSR count). The van der Waals surface area contributed by atoms with Crippen molar-refractivity contribution in [1.29, 1.82) is 0 Å². The molecule has 1 unspecified atom stereocenters. The molecule has 18 heavy (non-hydrogen) atoms. The predicted octanol–water partition coefficient (Wildman–Crippen LogP) is 2.56. The maximum absolute atomic E-state index is 12.2. The molecule has 0 radical (unpaired) electrons. The van der Waals surface area contributed by atoms with Gasteiger partial charge in [0.15, 0.2) is 0 Å². The van der Waals surface area contributed by atoms with Crippen LogP contribution in [0.3, 0.4) is 0 Å². The summed E-state index contributed by atoms with van der Waals surface area (Å²) in [5.74, 6) is 0.501. The lowest BCUT2D eigenvalue weighted by atomic mass is 10.2. The molecule has 0 saturated heterocycles. The molecule has 0 N–H and O–H groups in total. The van der Waals surface area contributed by atoms with Crippen molar-refractivity contribution in [3.05, 3.63) is 48.6 Å². The van der Waals surface area contributed by atoms with Crippen molar-refractivity contribution in [1.82, 2.24) is 4.90 Å². The van der Waals surface area contributed by atoms with Gasteiger partial charge in [-0.2, -0.15) is 0 Å². The van der Waals surface area contributed by atoms with E-state index in [4.69, 9.17) is 0 Å². The third kappa shape index (κ3) is 4.23. The first-order valence-corrected chi connectivity index (χ1v) is 8.33. The third-order valence-corrected chi connectivity index (χ3v) is 5.09. The standard InChI is InChI=1S/C13H17NO2S2/c1-3-10-14(4-2)13(15)18(17-16)11-12-8-6-5-7-9-12/h3,5-9H,1,4,10-11H2,2H3. The Labute approximate surface area is 113 Å². The van der Waals surface area contributed by atoms with Crippen LogP contribution in [0.2, 0.25) is 0 Å². The van der Waals surface area contributed by atoms with Gasteiger partial charge in [-0.3, -0.25) is 4.79 Å². The number of benzene rings is 1. The van der Waals surface area contributed by atoms with Gasteiger partial charge in [-0.25, -0.2) is 4.21 Å². The minimum Gasteiger partial charge on any atom is -0.330 e. The van der Waals surface area contributed by atoms with Crippen LogP contribution in [-0.2, 0) is 25.4 Å². The molecule has 0 spiro atoms. The highest BCUT2D eigenvalue weighted by atomic mass is 32.8. The SMILES string of the molecule is C=CCN(CC)C(=O)S(Cc1ccccc1)=S=O. The lowest BCUT2D eigenvalue weighted by Crippen LogP contribution is -2.32. The quantitative estimate of drug-likeness (QED) is 0.779. The second-order valence-corrected chi connectivity index (χ2v) is 6.72. The fourth-order valence-corrected chi connectivity index (χ4v) is 3.73. The topological polar surface area (TPSA) is 37.4 Å². The van der Waals surface area contributed by atoms with Gasteiger partial charge in [0.2, 0.25) is 0 Å². The Balaban J connectivity index is 2.81. The molecule has 1 amide bonds. The van der Waals surface area contributed by atoms with Gasteiger partial charge in [0.25, 0.3) is 5.24 Å². The van der Waals surface area contributed by atoms with E-state index in [1.54, 1.807) is 11.0 Å². The highest BCUT2D eigenvalue weighted by molar-refractivity contribution is 8.38. The van der Waals surface area contributed by atoms with E-state index in [1.807, 2.05) is 37.3 Å². The summed E-state index contributed by atoms with van der Waals surface area (Å²) in [4.78, 5) is 13.8. The largest absolute Gasteiger partial charge is 0.330 e. The molecule has 0 aromatic heterocycles. The van der Waals surface area contributed by atoms with Crippen LogP contribution in [0, 0.1) is 0 Å². The summed E-state index contributed by atoms with van der Waals surface area (Å²) in [6, 6.07) is 9.63. The Hall–Kier alpha value is -1.20. The maximum Gasteiger partial charge on any atom is 0.288 e. The molecule has 5 heteroatoms. The van der Waals surface area contributed by atoms with Crippen molar-refractivity contribution in [2.75, 3.05) is 13.1 Å².